The Bertz CT molecular complexity index is 1690. The van der Waals surface area contributed by atoms with E-state index in [4.69, 9.17) is 17.0 Å². The summed E-state index contributed by atoms with van der Waals surface area (Å²) in [6.45, 7) is 8.92. The van der Waals surface area contributed by atoms with E-state index in [2.05, 4.69) is 86.7 Å². The third kappa shape index (κ3) is 8.01. The maximum Gasteiger partial charge on any atom is 0.416 e. The number of piperazine rings is 1. The summed E-state index contributed by atoms with van der Waals surface area (Å²) >= 11 is 9.68. The van der Waals surface area contributed by atoms with Crippen LogP contribution in [0.25, 0.3) is 10.8 Å². The van der Waals surface area contributed by atoms with Crippen molar-refractivity contribution in [3.63, 3.8) is 0 Å². The van der Waals surface area contributed by atoms with Crippen molar-refractivity contribution >= 4 is 73.8 Å². The number of anilines is 2. The quantitative estimate of drug-likeness (QED) is 0.0903. The van der Waals surface area contributed by atoms with Crippen LogP contribution in [0.1, 0.15) is 24.5 Å². The number of alkyl halides is 4. The van der Waals surface area contributed by atoms with Crippen molar-refractivity contribution in [3.8, 4) is 0 Å². The zero-order valence-corrected chi connectivity index (χ0v) is 29.5. The van der Waals surface area contributed by atoms with Crippen molar-refractivity contribution in [1.82, 2.24) is 9.80 Å². The number of fused-ring (bicyclic) bond motifs is 3. The lowest BCUT2D eigenvalue weighted by Gasteiger charge is -2.36. The van der Waals surface area contributed by atoms with Crippen molar-refractivity contribution in [2.75, 3.05) is 57.3 Å². The lowest BCUT2D eigenvalue weighted by molar-refractivity contribution is -0.137. The Morgan fingerprint density at radius 1 is 0.804 bits per heavy atom. The fourth-order valence-corrected chi connectivity index (χ4v) is 7.99. The zero-order valence-electron chi connectivity index (χ0n) is 25.7. The molecule has 0 spiro atoms. The number of rotatable bonds is 10. The second-order valence-corrected chi connectivity index (χ2v) is 16.0. The highest BCUT2D eigenvalue weighted by atomic mass is 127. The lowest BCUT2D eigenvalue weighted by Crippen LogP contribution is -2.48. The highest BCUT2D eigenvalue weighted by Crippen LogP contribution is 2.49. The molecule has 2 aliphatic rings. The van der Waals surface area contributed by atoms with Crippen LogP contribution in [0, 0.1) is 0 Å². The maximum absolute atomic E-state index is 13.5. The highest BCUT2D eigenvalue weighted by Gasteiger charge is 2.33. The van der Waals surface area contributed by atoms with Gasteiger partial charge in [0.05, 0.1) is 20.4 Å². The van der Waals surface area contributed by atoms with E-state index in [-0.39, 0.29) is 3.42 Å². The van der Waals surface area contributed by atoms with Crippen molar-refractivity contribution in [2.24, 2.45) is 0 Å². The summed E-state index contributed by atoms with van der Waals surface area (Å²) in [5, 5.41) is 3.11. The molecule has 4 aromatic rings. The third-order valence-corrected chi connectivity index (χ3v) is 11.6. The fourth-order valence-electron chi connectivity index (χ4n) is 6.16. The summed E-state index contributed by atoms with van der Waals surface area (Å²) in [4.78, 5) is 8.86. The topological polar surface area (TPSA) is 19.0 Å². The zero-order chi connectivity index (χ0) is 32.3. The monoisotopic (exact) mass is 775 g/mol. The van der Waals surface area contributed by atoms with E-state index < -0.39 is 11.7 Å². The van der Waals surface area contributed by atoms with Gasteiger partial charge in [-0.2, -0.15) is 13.2 Å². The molecule has 6 rings (SSSR count). The molecule has 0 saturated carbocycles. The molecular formula is C36H37F3IN3OS2. The van der Waals surface area contributed by atoms with Gasteiger partial charge >= 0.3 is 6.18 Å². The summed E-state index contributed by atoms with van der Waals surface area (Å²) in [7, 11) is 0. The minimum absolute atomic E-state index is 0.281. The normalized spacial score (nSPS) is 16.9. The number of nitrogens with zero attached hydrogens (tertiary/aromatic N) is 3. The first-order chi connectivity index (χ1) is 22.1. The molecule has 0 aliphatic carbocycles. The van der Waals surface area contributed by atoms with E-state index in [0.717, 1.165) is 67.6 Å². The molecule has 242 valence electrons. The minimum atomic E-state index is -4.37. The molecule has 0 amide bonds. The van der Waals surface area contributed by atoms with Crippen LogP contribution in [0.5, 0.6) is 0 Å². The van der Waals surface area contributed by atoms with Gasteiger partial charge in [-0.25, -0.2) is 0 Å². The van der Waals surface area contributed by atoms with E-state index in [9.17, 15) is 13.2 Å². The Morgan fingerprint density at radius 3 is 2.24 bits per heavy atom. The average molecular weight is 776 g/mol. The molecular weight excluding hydrogens is 738 g/mol. The van der Waals surface area contributed by atoms with E-state index in [1.54, 1.807) is 6.07 Å². The molecule has 0 radical (unpaired) electrons. The van der Waals surface area contributed by atoms with Gasteiger partial charge in [0, 0.05) is 49.1 Å². The molecule has 0 N–H and O–H groups in total. The Morgan fingerprint density at radius 2 is 1.48 bits per heavy atom. The van der Waals surface area contributed by atoms with Gasteiger partial charge in [0.25, 0.3) is 0 Å². The Kier molecular flexibility index (Phi) is 10.5. The van der Waals surface area contributed by atoms with E-state index >= 15 is 0 Å². The molecule has 1 fully saturated rings. The lowest BCUT2D eigenvalue weighted by atomic mass is 9.99. The molecule has 1 atom stereocenters. The molecule has 1 unspecified atom stereocenters. The van der Waals surface area contributed by atoms with Gasteiger partial charge in [-0.3, -0.25) is 4.90 Å². The van der Waals surface area contributed by atoms with Gasteiger partial charge in [0.2, 0.25) is 0 Å². The predicted molar refractivity (Wildman–Crippen MR) is 195 cm³/mol. The van der Waals surface area contributed by atoms with Crippen LogP contribution in [0.15, 0.2) is 94.7 Å². The third-order valence-electron chi connectivity index (χ3n) is 8.69. The number of hydrogen-bond donors (Lipinski definition) is 0. The van der Waals surface area contributed by atoms with Gasteiger partial charge in [0.15, 0.2) is 5.05 Å². The van der Waals surface area contributed by atoms with Crippen LogP contribution in [-0.2, 0) is 17.3 Å². The summed E-state index contributed by atoms with van der Waals surface area (Å²) in [5.41, 5.74) is 2.25. The first-order valence-corrected chi connectivity index (χ1v) is 17.9. The van der Waals surface area contributed by atoms with E-state index in [0.29, 0.717) is 23.9 Å². The van der Waals surface area contributed by atoms with Gasteiger partial charge in [-0.15, -0.1) is 0 Å². The number of thiocarbonyl (C=S) groups is 1. The minimum Gasteiger partial charge on any atom is -0.484 e. The van der Waals surface area contributed by atoms with Crippen molar-refractivity contribution in [1.29, 1.82) is 0 Å². The molecule has 0 aromatic heterocycles. The summed E-state index contributed by atoms with van der Waals surface area (Å²) in [6.07, 6.45) is -2.70. The predicted octanol–water partition coefficient (Wildman–Crippen LogP) is 9.25. The molecule has 10 heteroatoms. The maximum atomic E-state index is 13.5. The average Bonchev–Trinajstić information content (AvgIpc) is 3.04. The summed E-state index contributed by atoms with van der Waals surface area (Å²) < 4.78 is 46.5. The van der Waals surface area contributed by atoms with Crippen LogP contribution in [0.4, 0.5) is 24.5 Å². The van der Waals surface area contributed by atoms with Crippen LogP contribution in [0.2, 0.25) is 0 Å². The van der Waals surface area contributed by atoms with Crippen LogP contribution in [-0.4, -0.2) is 70.7 Å². The van der Waals surface area contributed by atoms with Crippen LogP contribution < -0.4 is 4.90 Å². The van der Waals surface area contributed by atoms with Gasteiger partial charge in [-0.05, 0) is 85.2 Å². The SMILES string of the molecule is CC(I)(Cc1ccc2ccccc2c1)C(=S)OCCN1CCN(CCCN2c3ccccc3Sc3ccc(C(F)(F)F)cc32)CC1. The van der Waals surface area contributed by atoms with Gasteiger partial charge < -0.3 is 14.5 Å². The smallest absolute Gasteiger partial charge is 0.416 e. The Labute approximate surface area is 292 Å². The number of benzene rings is 4. The first-order valence-electron chi connectivity index (χ1n) is 15.6. The number of halogens is 4. The molecule has 46 heavy (non-hydrogen) atoms. The van der Waals surface area contributed by atoms with E-state index in [1.807, 2.05) is 24.3 Å². The molecule has 0 bridgehead atoms. The Hall–Kier alpha value is -2.38. The molecule has 1 saturated heterocycles. The molecule has 4 aromatic carbocycles. The van der Waals surface area contributed by atoms with Crippen molar-refractivity contribution < 1.29 is 17.9 Å². The second-order valence-electron chi connectivity index (χ2n) is 12.1. The number of hydrogen-bond acceptors (Lipinski definition) is 6. The second kappa shape index (κ2) is 14.4. The largest absolute Gasteiger partial charge is 0.484 e. The molecule has 2 aliphatic heterocycles. The van der Waals surface area contributed by atoms with Crippen LogP contribution >= 0.6 is 46.6 Å². The first kappa shape index (κ1) is 33.5. The number of ether oxygens (including phenoxy) is 1. The summed E-state index contributed by atoms with van der Waals surface area (Å²) in [6, 6.07) is 27.0. The standard InChI is InChI=1S/C36H37F3IN3OS2/c1-35(40,25-26-11-12-27-7-2-3-8-28(27)23-26)34(45)44-22-21-42-19-17-41(18-20-42)15-6-16-43-30-9-4-5-10-32(30)46-33-14-13-29(24-31(33)43)36(37,38)39/h2-5,7-14,23-24H,6,15-22,25H2,1H3. The van der Waals surface area contributed by atoms with E-state index in [1.165, 1.54) is 40.2 Å². The molecule has 4 nitrogen and oxygen atoms in total. The summed E-state index contributed by atoms with van der Waals surface area (Å²) in [5.74, 6) is 0. The Balaban J connectivity index is 0.953. The van der Waals surface area contributed by atoms with Crippen LogP contribution in [0.3, 0.4) is 0 Å². The van der Waals surface area contributed by atoms with Gasteiger partial charge in [0.1, 0.15) is 6.61 Å². The van der Waals surface area contributed by atoms with Crippen molar-refractivity contribution in [3.05, 3.63) is 96.1 Å². The highest BCUT2D eigenvalue weighted by molar-refractivity contribution is 14.1. The fraction of sp³-hybridized carbons (Fsp3) is 0.361. The van der Waals surface area contributed by atoms with Gasteiger partial charge in [-0.1, -0.05) is 89.0 Å². The molecule has 2 heterocycles. The number of para-hydroxylation sites is 1. The van der Waals surface area contributed by atoms with Crippen molar-refractivity contribution in [2.45, 2.75) is 39.2 Å².